The van der Waals surface area contributed by atoms with Gasteiger partial charge in [-0.3, -0.25) is 0 Å². The summed E-state index contributed by atoms with van der Waals surface area (Å²) < 4.78 is 5.36. The second-order valence-corrected chi connectivity index (χ2v) is 7.02. The van der Waals surface area contributed by atoms with E-state index < -0.39 is 0 Å². The van der Waals surface area contributed by atoms with E-state index in [1.54, 1.807) is 18.2 Å². The fraction of sp³-hybridized carbons (Fsp3) is 0.286. The normalized spacial score (nSPS) is 15.5. The molecule has 0 radical (unpaired) electrons. The van der Waals surface area contributed by atoms with Crippen LogP contribution in [0.25, 0.3) is 11.0 Å². The quantitative estimate of drug-likeness (QED) is 0.706. The third-order valence-corrected chi connectivity index (χ3v) is 5.11. The lowest BCUT2D eigenvalue weighted by molar-refractivity contribution is -0.914. The molecule has 1 aromatic heterocycles. The van der Waals surface area contributed by atoms with Gasteiger partial charge in [0.1, 0.15) is 17.9 Å². The molecule has 0 saturated carbocycles. The molecule has 3 aromatic rings. The zero-order valence-corrected chi connectivity index (χ0v) is 14.9. The van der Waals surface area contributed by atoms with Gasteiger partial charge in [0.15, 0.2) is 0 Å². The Balaban J connectivity index is 1.48. The average Bonchev–Trinajstić information content (AvgIpc) is 2.62. The molecule has 0 unspecified atom stereocenters. The van der Waals surface area contributed by atoms with E-state index >= 15 is 0 Å². The molecular formula is C21H23N2O3+. The number of phenolic OH excluding ortho intramolecular Hbond substituents is 1. The van der Waals surface area contributed by atoms with Gasteiger partial charge in [-0.1, -0.05) is 12.1 Å². The van der Waals surface area contributed by atoms with Crippen LogP contribution < -0.4 is 15.4 Å². The molecule has 4 rings (SSSR count). The van der Waals surface area contributed by atoms with E-state index in [1.165, 1.54) is 4.90 Å². The van der Waals surface area contributed by atoms with Crippen LogP contribution in [0.5, 0.6) is 5.75 Å². The molecule has 1 saturated heterocycles. The van der Waals surface area contributed by atoms with Crippen molar-refractivity contribution in [3.05, 3.63) is 70.1 Å². The molecular weight excluding hydrogens is 328 g/mol. The number of rotatable bonds is 3. The largest absolute Gasteiger partial charge is 0.508 e. The van der Waals surface area contributed by atoms with E-state index in [2.05, 4.69) is 17.0 Å². The number of piperazine rings is 1. The monoisotopic (exact) mass is 351 g/mol. The summed E-state index contributed by atoms with van der Waals surface area (Å²) in [6.45, 7) is 6.76. The zero-order chi connectivity index (χ0) is 18.1. The number of aromatic hydroxyl groups is 1. The highest BCUT2D eigenvalue weighted by atomic mass is 16.4. The van der Waals surface area contributed by atoms with Crippen molar-refractivity contribution >= 4 is 16.7 Å². The summed E-state index contributed by atoms with van der Waals surface area (Å²) in [6.07, 6.45) is 0. The van der Waals surface area contributed by atoms with Crippen LogP contribution in [0.3, 0.4) is 0 Å². The van der Waals surface area contributed by atoms with Crippen LogP contribution in [0.2, 0.25) is 0 Å². The first-order valence-corrected chi connectivity index (χ1v) is 8.99. The Kier molecular flexibility index (Phi) is 4.39. The summed E-state index contributed by atoms with van der Waals surface area (Å²) >= 11 is 0. The van der Waals surface area contributed by atoms with Crippen LogP contribution in [0.15, 0.2) is 57.7 Å². The first kappa shape index (κ1) is 16.7. The maximum atomic E-state index is 11.9. The van der Waals surface area contributed by atoms with Gasteiger partial charge in [0.2, 0.25) is 0 Å². The van der Waals surface area contributed by atoms with E-state index in [1.807, 2.05) is 25.1 Å². The Morgan fingerprint density at radius 3 is 2.54 bits per heavy atom. The lowest BCUT2D eigenvalue weighted by atomic mass is 10.1. The zero-order valence-electron chi connectivity index (χ0n) is 14.9. The number of fused-ring (bicyclic) bond motifs is 1. The molecule has 0 atom stereocenters. The van der Waals surface area contributed by atoms with E-state index in [0.29, 0.717) is 11.3 Å². The predicted molar refractivity (Wildman–Crippen MR) is 102 cm³/mol. The van der Waals surface area contributed by atoms with Crippen LogP contribution in [0, 0.1) is 6.92 Å². The highest BCUT2D eigenvalue weighted by molar-refractivity contribution is 5.80. The lowest BCUT2D eigenvalue weighted by Crippen LogP contribution is -3.13. The summed E-state index contributed by atoms with van der Waals surface area (Å²) in [5.41, 5.74) is 3.69. The number of hydrogen-bond acceptors (Lipinski definition) is 4. The third kappa shape index (κ3) is 3.44. The van der Waals surface area contributed by atoms with Crippen molar-refractivity contribution in [2.75, 3.05) is 31.1 Å². The van der Waals surface area contributed by atoms with Gasteiger partial charge < -0.3 is 19.3 Å². The number of benzene rings is 2. The Morgan fingerprint density at radius 1 is 1.08 bits per heavy atom. The maximum absolute atomic E-state index is 11.9. The van der Waals surface area contributed by atoms with Gasteiger partial charge in [-0.25, -0.2) is 4.79 Å². The first-order chi connectivity index (χ1) is 12.6. The second-order valence-electron chi connectivity index (χ2n) is 7.02. The molecule has 5 nitrogen and oxygen atoms in total. The molecule has 2 heterocycles. The third-order valence-electron chi connectivity index (χ3n) is 5.11. The van der Waals surface area contributed by atoms with Crippen LogP contribution in [-0.4, -0.2) is 31.3 Å². The molecule has 134 valence electrons. The summed E-state index contributed by atoms with van der Waals surface area (Å²) in [5, 5.41) is 10.5. The Labute approximate surface area is 152 Å². The Morgan fingerprint density at radius 2 is 1.81 bits per heavy atom. The fourth-order valence-corrected chi connectivity index (χ4v) is 3.67. The highest BCUT2D eigenvalue weighted by Gasteiger charge is 2.21. The minimum absolute atomic E-state index is 0.278. The topological polar surface area (TPSA) is 58.1 Å². The van der Waals surface area contributed by atoms with Gasteiger partial charge in [-0.15, -0.1) is 0 Å². The van der Waals surface area contributed by atoms with E-state index in [4.69, 9.17) is 4.42 Å². The summed E-state index contributed by atoms with van der Waals surface area (Å²) in [5.74, 6) is 0.294. The average molecular weight is 351 g/mol. The number of phenols is 1. The standard InChI is InChI=1S/C21H22N2O3/c1-15-2-7-19-16(13-21(25)26-20(19)12-15)14-22-8-10-23(11-9-22)17-3-5-18(24)6-4-17/h2-7,12-13,24H,8-11,14H2,1H3/p+1. The van der Waals surface area contributed by atoms with Gasteiger partial charge in [0.25, 0.3) is 0 Å². The molecule has 26 heavy (non-hydrogen) atoms. The number of nitrogens with zero attached hydrogens (tertiary/aromatic N) is 1. The molecule has 1 aliphatic rings. The van der Waals surface area contributed by atoms with Crippen molar-refractivity contribution in [1.29, 1.82) is 0 Å². The minimum Gasteiger partial charge on any atom is -0.508 e. The Bertz CT molecular complexity index is 971. The molecule has 1 fully saturated rings. The molecule has 0 aliphatic carbocycles. The maximum Gasteiger partial charge on any atom is 0.336 e. The molecule has 0 spiro atoms. The first-order valence-electron chi connectivity index (χ1n) is 8.99. The molecule has 1 aliphatic heterocycles. The number of nitrogens with one attached hydrogen (secondary N) is 1. The van der Waals surface area contributed by atoms with Crippen molar-refractivity contribution in [2.45, 2.75) is 13.5 Å². The Hall–Kier alpha value is -2.79. The van der Waals surface area contributed by atoms with Gasteiger partial charge in [0.05, 0.1) is 26.2 Å². The van der Waals surface area contributed by atoms with Gasteiger partial charge >= 0.3 is 5.63 Å². The summed E-state index contributed by atoms with van der Waals surface area (Å²) in [4.78, 5) is 15.7. The van der Waals surface area contributed by atoms with Crippen molar-refractivity contribution in [1.82, 2.24) is 0 Å². The van der Waals surface area contributed by atoms with Crippen LogP contribution in [-0.2, 0) is 6.54 Å². The number of hydrogen-bond donors (Lipinski definition) is 2. The second kappa shape index (κ2) is 6.84. The SMILES string of the molecule is Cc1ccc2c(C[NH+]3CCN(c4ccc(O)cc4)CC3)cc(=O)oc2c1. The van der Waals surface area contributed by atoms with Gasteiger partial charge in [-0.2, -0.15) is 0 Å². The van der Waals surface area contributed by atoms with Crippen LogP contribution >= 0.6 is 0 Å². The molecule has 0 bridgehead atoms. The van der Waals surface area contributed by atoms with Crippen molar-refractivity contribution in [3.63, 3.8) is 0 Å². The fourth-order valence-electron chi connectivity index (χ4n) is 3.67. The van der Waals surface area contributed by atoms with Crippen molar-refractivity contribution in [3.8, 4) is 5.75 Å². The molecule has 2 aromatic carbocycles. The van der Waals surface area contributed by atoms with E-state index in [9.17, 15) is 9.90 Å². The number of anilines is 1. The van der Waals surface area contributed by atoms with E-state index in [-0.39, 0.29) is 5.63 Å². The van der Waals surface area contributed by atoms with Crippen molar-refractivity contribution < 1.29 is 14.4 Å². The molecule has 5 heteroatoms. The minimum atomic E-state index is -0.278. The van der Waals surface area contributed by atoms with Crippen LogP contribution in [0.4, 0.5) is 5.69 Å². The van der Waals surface area contributed by atoms with Gasteiger partial charge in [0, 0.05) is 22.7 Å². The highest BCUT2D eigenvalue weighted by Crippen LogP contribution is 2.19. The van der Waals surface area contributed by atoms with Crippen molar-refractivity contribution in [2.24, 2.45) is 0 Å². The summed E-state index contributed by atoms with van der Waals surface area (Å²) in [6, 6.07) is 15.0. The number of aryl methyl sites for hydroxylation is 1. The molecule has 0 amide bonds. The lowest BCUT2D eigenvalue weighted by Gasteiger charge is -2.33. The molecule has 2 N–H and O–H groups in total. The number of quaternary nitrogens is 1. The predicted octanol–water partition coefficient (Wildman–Crippen LogP) is 1.71. The van der Waals surface area contributed by atoms with E-state index in [0.717, 1.165) is 54.9 Å². The van der Waals surface area contributed by atoms with Gasteiger partial charge in [-0.05, 0) is 42.8 Å². The van der Waals surface area contributed by atoms with Crippen LogP contribution in [0.1, 0.15) is 11.1 Å². The summed E-state index contributed by atoms with van der Waals surface area (Å²) in [7, 11) is 0. The smallest absolute Gasteiger partial charge is 0.336 e.